The Morgan fingerprint density at radius 2 is 2.20 bits per heavy atom. The van der Waals surface area contributed by atoms with E-state index < -0.39 is 24.9 Å². The van der Waals surface area contributed by atoms with Gasteiger partial charge in [-0.05, 0) is 12.8 Å². The number of amides is 1. The van der Waals surface area contributed by atoms with Gasteiger partial charge in [-0.15, -0.1) is 0 Å². The molecule has 0 heterocycles. The predicted octanol–water partition coefficient (Wildman–Crippen LogP) is 0.216. The van der Waals surface area contributed by atoms with Crippen molar-refractivity contribution >= 4 is 5.91 Å². The number of hydrogen-bond acceptors (Lipinski definition) is 3. The lowest BCUT2D eigenvalue weighted by Crippen LogP contribution is -2.48. The predicted molar refractivity (Wildman–Crippen MR) is 50.6 cm³/mol. The van der Waals surface area contributed by atoms with Crippen molar-refractivity contribution < 1.29 is 18.3 Å². The highest BCUT2D eigenvalue weighted by Crippen LogP contribution is 2.27. The van der Waals surface area contributed by atoms with E-state index in [-0.39, 0.29) is 12.6 Å². The molecule has 0 aromatic rings. The van der Waals surface area contributed by atoms with Crippen molar-refractivity contribution in [3.05, 3.63) is 0 Å². The number of halogens is 2. The van der Waals surface area contributed by atoms with Crippen LogP contribution < -0.4 is 5.73 Å². The second-order valence-electron chi connectivity index (χ2n) is 3.67. The summed E-state index contributed by atoms with van der Waals surface area (Å²) in [6, 6.07) is -0.885. The zero-order valence-corrected chi connectivity index (χ0v) is 8.66. The van der Waals surface area contributed by atoms with Crippen LogP contribution in [0.25, 0.3) is 0 Å². The molecule has 0 aliphatic heterocycles. The standard InChI is InChI=1S/C9H16F2N2O2/c1-15-5-7(12)9(14)13(4-8(10)11)6-2-3-6/h6-8H,2-5,12H2,1H3. The highest BCUT2D eigenvalue weighted by molar-refractivity contribution is 5.82. The number of rotatable bonds is 6. The van der Waals surface area contributed by atoms with Gasteiger partial charge in [0.05, 0.1) is 13.2 Å². The summed E-state index contributed by atoms with van der Waals surface area (Å²) in [4.78, 5) is 12.8. The molecule has 2 N–H and O–H groups in total. The van der Waals surface area contributed by atoms with Crippen molar-refractivity contribution in [2.45, 2.75) is 31.4 Å². The van der Waals surface area contributed by atoms with Gasteiger partial charge in [-0.2, -0.15) is 0 Å². The van der Waals surface area contributed by atoms with Crippen LogP contribution in [0.1, 0.15) is 12.8 Å². The van der Waals surface area contributed by atoms with Gasteiger partial charge in [-0.3, -0.25) is 4.79 Å². The number of carbonyl (C=O) groups is 1. The van der Waals surface area contributed by atoms with E-state index in [0.29, 0.717) is 0 Å². The smallest absolute Gasteiger partial charge is 0.255 e. The summed E-state index contributed by atoms with van der Waals surface area (Å²) in [7, 11) is 1.42. The molecular weight excluding hydrogens is 206 g/mol. The molecule has 0 aromatic carbocycles. The van der Waals surface area contributed by atoms with Crippen molar-refractivity contribution in [3.63, 3.8) is 0 Å². The number of alkyl halides is 2. The number of nitrogens with zero attached hydrogens (tertiary/aromatic N) is 1. The molecule has 1 aliphatic carbocycles. The monoisotopic (exact) mass is 222 g/mol. The first kappa shape index (κ1) is 12.3. The Kier molecular flexibility index (Phi) is 4.41. The van der Waals surface area contributed by atoms with Crippen molar-refractivity contribution in [3.8, 4) is 0 Å². The maximum Gasteiger partial charge on any atom is 0.255 e. The van der Waals surface area contributed by atoms with Gasteiger partial charge < -0.3 is 15.4 Å². The minimum Gasteiger partial charge on any atom is -0.383 e. The van der Waals surface area contributed by atoms with E-state index in [2.05, 4.69) is 0 Å². The number of ether oxygens (including phenoxy) is 1. The molecule has 0 radical (unpaired) electrons. The molecule has 1 amide bonds. The molecule has 6 heteroatoms. The van der Waals surface area contributed by atoms with Crippen LogP contribution in [0.5, 0.6) is 0 Å². The largest absolute Gasteiger partial charge is 0.383 e. The molecule has 0 aromatic heterocycles. The van der Waals surface area contributed by atoms with Crippen LogP contribution in [0.15, 0.2) is 0 Å². The Morgan fingerprint density at radius 1 is 1.60 bits per heavy atom. The first-order chi connectivity index (χ1) is 7.06. The number of nitrogens with two attached hydrogens (primary N) is 1. The zero-order valence-electron chi connectivity index (χ0n) is 8.66. The third-order valence-corrected chi connectivity index (χ3v) is 2.27. The molecule has 1 saturated carbocycles. The van der Waals surface area contributed by atoms with Gasteiger partial charge in [-0.25, -0.2) is 8.78 Å². The van der Waals surface area contributed by atoms with Crippen LogP contribution in [0.2, 0.25) is 0 Å². The average molecular weight is 222 g/mol. The minimum atomic E-state index is -2.51. The third-order valence-electron chi connectivity index (χ3n) is 2.27. The molecule has 0 saturated heterocycles. The number of methoxy groups -OCH3 is 1. The van der Waals surface area contributed by atoms with Crippen molar-refractivity contribution in [1.82, 2.24) is 4.90 Å². The summed E-state index contributed by atoms with van der Waals surface area (Å²) >= 11 is 0. The molecule has 1 unspecified atom stereocenters. The Bertz CT molecular complexity index is 222. The molecule has 1 aliphatic rings. The molecule has 1 atom stereocenters. The summed E-state index contributed by atoms with van der Waals surface area (Å²) in [5, 5.41) is 0. The van der Waals surface area contributed by atoms with E-state index in [1.807, 2.05) is 0 Å². The fraction of sp³-hybridized carbons (Fsp3) is 0.889. The second-order valence-corrected chi connectivity index (χ2v) is 3.67. The van der Waals surface area contributed by atoms with Crippen molar-refractivity contribution in [1.29, 1.82) is 0 Å². The van der Waals surface area contributed by atoms with E-state index in [4.69, 9.17) is 10.5 Å². The van der Waals surface area contributed by atoms with Gasteiger partial charge in [-0.1, -0.05) is 0 Å². The fourth-order valence-corrected chi connectivity index (χ4v) is 1.42. The van der Waals surface area contributed by atoms with Gasteiger partial charge in [0.25, 0.3) is 6.43 Å². The molecule has 1 rings (SSSR count). The lowest BCUT2D eigenvalue weighted by atomic mass is 10.2. The molecule has 15 heavy (non-hydrogen) atoms. The molecule has 88 valence electrons. The van der Waals surface area contributed by atoms with Crippen LogP contribution >= 0.6 is 0 Å². The Labute approximate surface area is 87.4 Å². The quantitative estimate of drug-likeness (QED) is 0.699. The lowest BCUT2D eigenvalue weighted by molar-refractivity contribution is -0.136. The van der Waals surface area contributed by atoms with Crippen LogP contribution in [0.3, 0.4) is 0 Å². The Hall–Kier alpha value is -0.750. The highest BCUT2D eigenvalue weighted by Gasteiger charge is 2.36. The molecule has 1 fully saturated rings. The molecule has 0 bridgehead atoms. The molecule has 0 spiro atoms. The maximum absolute atomic E-state index is 12.2. The zero-order chi connectivity index (χ0) is 11.4. The normalized spacial score (nSPS) is 17.9. The Balaban J connectivity index is 2.50. The van der Waals surface area contributed by atoms with E-state index >= 15 is 0 Å². The fourth-order valence-electron chi connectivity index (χ4n) is 1.42. The summed E-state index contributed by atoms with van der Waals surface area (Å²) in [5.74, 6) is -0.445. The van der Waals surface area contributed by atoms with Gasteiger partial charge >= 0.3 is 0 Å². The third kappa shape index (κ3) is 3.71. The second kappa shape index (κ2) is 5.37. The van der Waals surface area contributed by atoms with Crippen LogP contribution in [-0.4, -0.2) is 49.6 Å². The highest BCUT2D eigenvalue weighted by atomic mass is 19.3. The molecule has 4 nitrogen and oxygen atoms in total. The van der Waals surface area contributed by atoms with E-state index in [1.165, 1.54) is 12.0 Å². The average Bonchev–Trinajstić information content (AvgIpc) is 2.96. The van der Waals surface area contributed by atoms with Gasteiger partial charge in [0.1, 0.15) is 6.04 Å². The Morgan fingerprint density at radius 3 is 2.60 bits per heavy atom. The van der Waals surface area contributed by atoms with Gasteiger partial charge in [0.15, 0.2) is 0 Å². The molecular formula is C9H16F2N2O2. The van der Waals surface area contributed by atoms with Gasteiger partial charge in [0.2, 0.25) is 5.91 Å². The lowest BCUT2D eigenvalue weighted by Gasteiger charge is -2.24. The van der Waals surface area contributed by atoms with E-state index in [9.17, 15) is 13.6 Å². The SMILES string of the molecule is COCC(N)C(=O)N(CC(F)F)C1CC1. The van der Waals surface area contributed by atoms with Gasteiger partial charge in [0, 0.05) is 13.2 Å². The first-order valence-corrected chi connectivity index (χ1v) is 4.89. The summed E-state index contributed by atoms with van der Waals surface area (Å²) < 4.78 is 29.2. The van der Waals surface area contributed by atoms with Crippen LogP contribution in [-0.2, 0) is 9.53 Å². The number of carbonyl (C=O) groups excluding carboxylic acids is 1. The van der Waals surface area contributed by atoms with Crippen LogP contribution in [0.4, 0.5) is 8.78 Å². The maximum atomic E-state index is 12.2. The first-order valence-electron chi connectivity index (χ1n) is 4.89. The van der Waals surface area contributed by atoms with E-state index in [1.54, 1.807) is 0 Å². The summed E-state index contributed by atoms with van der Waals surface area (Å²) in [5.41, 5.74) is 5.51. The minimum absolute atomic E-state index is 0.0468. The topological polar surface area (TPSA) is 55.6 Å². The van der Waals surface area contributed by atoms with Crippen LogP contribution in [0, 0.1) is 0 Å². The van der Waals surface area contributed by atoms with Crippen molar-refractivity contribution in [2.24, 2.45) is 5.73 Å². The van der Waals surface area contributed by atoms with Crippen molar-refractivity contribution in [2.75, 3.05) is 20.3 Å². The summed E-state index contributed by atoms with van der Waals surface area (Å²) in [6.45, 7) is -0.466. The number of hydrogen-bond donors (Lipinski definition) is 1. The van der Waals surface area contributed by atoms with E-state index in [0.717, 1.165) is 12.8 Å². The summed E-state index contributed by atoms with van der Waals surface area (Å²) in [6.07, 6.45) is -0.930.